The van der Waals surface area contributed by atoms with Gasteiger partial charge in [0.05, 0.1) is 5.56 Å². The number of carbonyl (C=O) groups is 2. The van der Waals surface area contributed by atoms with Crippen molar-refractivity contribution in [1.29, 1.82) is 0 Å². The number of pyridine rings is 2. The van der Waals surface area contributed by atoms with Gasteiger partial charge in [0.15, 0.2) is 0 Å². The maximum Gasteiger partial charge on any atom is 0.337 e. The van der Waals surface area contributed by atoms with Gasteiger partial charge < -0.3 is 5.32 Å². The summed E-state index contributed by atoms with van der Waals surface area (Å²) in [4.78, 5) is 32.6. The molecule has 2 aromatic heterocycles. The van der Waals surface area contributed by atoms with Crippen molar-refractivity contribution < 1.29 is 9.59 Å². The topological polar surface area (TPSA) is 96.0 Å². The zero-order valence-corrected chi connectivity index (χ0v) is 16.1. The van der Waals surface area contributed by atoms with Crippen LogP contribution in [0.5, 0.6) is 0 Å². The van der Waals surface area contributed by atoms with Crippen LogP contribution in [0.25, 0.3) is 0 Å². The molecule has 0 atom stereocenters. The number of hydrogen-bond acceptors (Lipinski definition) is 5. The van der Waals surface area contributed by atoms with Crippen LogP contribution in [0, 0.1) is 0 Å². The van der Waals surface area contributed by atoms with Crippen molar-refractivity contribution in [3.63, 3.8) is 0 Å². The van der Waals surface area contributed by atoms with E-state index in [-0.39, 0.29) is 0 Å². The Morgan fingerprint density at radius 3 is 2.46 bits per heavy atom. The van der Waals surface area contributed by atoms with E-state index in [9.17, 15) is 9.59 Å². The fourth-order valence-corrected chi connectivity index (χ4v) is 3.26. The van der Waals surface area contributed by atoms with Crippen LogP contribution in [-0.2, 0) is 5.75 Å². The molecule has 0 fully saturated rings. The van der Waals surface area contributed by atoms with Crippen LogP contribution in [-0.4, -0.2) is 21.9 Å². The molecule has 3 amide bonds. The third-order valence-electron chi connectivity index (χ3n) is 3.53. The molecule has 1 aromatic carbocycles. The first-order valence-electron chi connectivity index (χ1n) is 8.21. The minimum Gasteiger partial charge on any atom is -0.307 e. The molecule has 0 bridgehead atoms. The minimum atomic E-state index is -0.578. The van der Waals surface area contributed by atoms with Gasteiger partial charge in [-0.3, -0.25) is 15.2 Å². The molecule has 0 aliphatic heterocycles. The molecule has 7 nitrogen and oxygen atoms in total. The van der Waals surface area contributed by atoms with Gasteiger partial charge in [0.1, 0.15) is 5.03 Å². The van der Waals surface area contributed by atoms with Crippen molar-refractivity contribution in [1.82, 2.24) is 20.8 Å². The summed E-state index contributed by atoms with van der Waals surface area (Å²) in [6.07, 6.45) is 5.04. The van der Waals surface area contributed by atoms with Crippen LogP contribution in [0.4, 0.5) is 10.5 Å². The van der Waals surface area contributed by atoms with Crippen LogP contribution in [0.3, 0.4) is 0 Å². The van der Waals surface area contributed by atoms with E-state index in [1.165, 1.54) is 11.8 Å². The summed E-state index contributed by atoms with van der Waals surface area (Å²) < 4.78 is 0. The Labute approximate surface area is 170 Å². The van der Waals surface area contributed by atoms with E-state index in [4.69, 9.17) is 11.6 Å². The average Bonchev–Trinajstić information content (AvgIpc) is 2.73. The summed E-state index contributed by atoms with van der Waals surface area (Å²) in [7, 11) is 0. The fourth-order valence-electron chi connectivity index (χ4n) is 2.19. The number of urea groups is 1. The second kappa shape index (κ2) is 9.72. The lowest BCUT2D eigenvalue weighted by molar-refractivity contribution is 0.0934. The van der Waals surface area contributed by atoms with E-state index < -0.39 is 11.9 Å². The molecule has 3 rings (SSSR count). The molecule has 0 radical (unpaired) electrons. The van der Waals surface area contributed by atoms with Gasteiger partial charge in [-0.2, -0.15) is 0 Å². The number of halogens is 1. The summed E-state index contributed by atoms with van der Waals surface area (Å²) in [5.41, 5.74) is 6.68. The van der Waals surface area contributed by atoms with Crippen molar-refractivity contribution in [2.45, 2.75) is 10.8 Å². The Kier molecular flexibility index (Phi) is 6.83. The van der Waals surface area contributed by atoms with Crippen molar-refractivity contribution in [2.75, 3.05) is 5.32 Å². The summed E-state index contributed by atoms with van der Waals surface area (Å²) in [6, 6.07) is 13.1. The largest absolute Gasteiger partial charge is 0.337 e. The van der Waals surface area contributed by atoms with Crippen molar-refractivity contribution in [3.8, 4) is 0 Å². The molecular weight excluding hydrogens is 398 g/mol. The zero-order valence-electron chi connectivity index (χ0n) is 14.6. The van der Waals surface area contributed by atoms with Crippen LogP contribution in [0.15, 0.2) is 72.1 Å². The van der Waals surface area contributed by atoms with E-state index in [1.54, 1.807) is 55.0 Å². The highest BCUT2D eigenvalue weighted by atomic mass is 35.5. The molecule has 28 heavy (non-hydrogen) atoms. The van der Waals surface area contributed by atoms with E-state index in [0.717, 1.165) is 5.56 Å². The lowest BCUT2D eigenvalue weighted by Gasteiger charge is -2.11. The van der Waals surface area contributed by atoms with Crippen LogP contribution in [0.2, 0.25) is 5.02 Å². The highest BCUT2D eigenvalue weighted by molar-refractivity contribution is 7.98. The SMILES string of the molecule is O=C(NNC(=O)c1cccnc1SCc1ccncc1)Nc1ccc(Cl)cc1. The van der Waals surface area contributed by atoms with Crippen LogP contribution in [0.1, 0.15) is 15.9 Å². The number of carbonyl (C=O) groups excluding carboxylic acids is 2. The predicted octanol–water partition coefficient (Wildman–Crippen LogP) is 3.89. The number of aromatic nitrogens is 2. The lowest BCUT2D eigenvalue weighted by atomic mass is 10.3. The number of nitrogens with one attached hydrogen (secondary N) is 3. The molecule has 0 saturated heterocycles. The molecule has 9 heteroatoms. The van der Waals surface area contributed by atoms with E-state index in [0.29, 0.717) is 27.1 Å². The Balaban J connectivity index is 1.56. The van der Waals surface area contributed by atoms with Crippen molar-refractivity contribution >= 4 is 41.0 Å². The number of hydrogen-bond donors (Lipinski definition) is 3. The lowest BCUT2D eigenvalue weighted by Crippen LogP contribution is -2.44. The monoisotopic (exact) mass is 413 g/mol. The van der Waals surface area contributed by atoms with Gasteiger partial charge in [-0.25, -0.2) is 15.2 Å². The number of benzene rings is 1. The highest BCUT2D eigenvalue weighted by Gasteiger charge is 2.13. The maximum atomic E-state index is 12.4. The van der Waals surface area contributed by atoms with Gasteiger partial charge in [-0.1, -0.05) is 11.6 Å². The van der Waals surface area contributed by atoms with Gasteiger partial charge in [0.25, 0.3) is 5.91 Å². The van der Waals surface area contributed by atoms with Gasteiger partial charge in [-0.05, 0) is 54.1 Å². The molecule has 0 unspecified atom stereocenters. The van der Waals surface area contributed by atoms with Gasteiger partial charge in [0, 0.05) is 35.1 Å². The first-order valence-corrected chi connectivity index (χ1v) is 9.58. The standard InChI is InChI=1S/C19H16ClN5O2S/c20-14-3-5-15(6-4-14)23-19(27)25-24-17(26)16-2-1-9-22-18(16)28-12-13-7-10-21-11-8-13/h1-11H,12H2,(H,24,26)(H2,23,25,27). The first kappa shape index (κ1) is 19.7. The maximum absolute atomic E-state index is 12.4. The molecule has 0 saturated carbocycles. The number of thioether (sulfide) groups is 1. The second-order valence-corrected chi connectivity index (χ2v) is 6.94. The molecule has 0 spiro atoms. The minimum absolute atomic E-state index is 0.369. The number of amides is 3. The zero-order chi connectivity index (χ0) is 19.8. The second-order valence-electron chi connectivity index (χ2n) is 5.54. The number of nitrogens with zero attached hydrogens (tertiary/aromatic N) is 2. The van der Waals surface area contributed by atoms with Gasteiger partial charge >= 0.3 is 6.03 Å². The van der Waals surface area contributed by atoms with Crippen molar-refractivity contribution in [2.24, 2.45) is 0 Å². The molecule has 3 aromatic rings. The summed E-state index contributed by atoms with van der Waals surface area (Å²) >= 11 is 7.23. The number of hydrazine groups is 1. The molecule has 3 N–H and O–H groups in total. The molecule has 0 aliphatic rings. The third-order valence-corrected chi connectivity index (χ3v) is 4.86. The number of anilines is 1. The van der Waals surface area contributed by atoms with Crippen LogP contribution < -0.4 is 16.2 Å². The van der Waals surface area contributed by atoms with E-state index in [1.807, 2.05) is 12.1 Å². The molecule has 0 aliphatic carbocycles. The van der Waals surface area contributed by atoms with Gasteiger partial charge in [-0.15, -0.1) is 11.8 Å². The first-order chi connectivity index (χ1) is 13.6. The quantitative estimate of drug-likeness (QED) is 0.435. The molecule has 142 valence electrons. The summed E-state index contributed by atoms with van der Waals surface area (Å²) in [5, 5.41) is 3.72. The van der Waals surface area contributed by atoms with Crippen LogP contribution >= 0.6 is 23.4 Å². The average molecular weight is 414 g/mol. The molecule has 2 heterocycles. The third kappa shape index (κ3) is 5.70. The van der Waals surface area contributed by atoms with Crippen molar-refractivity contribution in [3.05, 3.63) is 83.3 Å². The van der Waals surface area contributed by atoms with E-state index >= 15 is 0 Å². The Morgan fingerprint density at radius 1 is 0.964 bits per heavy atom. The highest BCUT2D eigenvalue weighted by Crippen LogP contribution is 2.23. The van der Waals surface area contributed by atoms with E-state index in [2.05, 4.69) is 26.1 Å². The Bertz CT molecular complexity index is 954. The fraction of sp³-hybridized carbons (Fsp3) is 0.0526. The summed E-state index contributed by atoms with van der Waals surface area (Å²) in [6.45, 7) is 0. The molecular formula is C19H16ClN5O2S. The Hall–Kier alpha value is -3.10. The van der Waals surface area contributed by atoms with Gasteiger partial charge in [0.2, 0.25) is 0 Å². The predicted molar refractivity (Wildman–Crippen MR) is 109 cm³/mol. The smallest absolute Gasteiger partial charge is 0.307 e. The Morgan fingerprint density at radius 2 is 1.71 bits per heavy atom. The normalized spacial score (nSPS) is 10.2. The summed E-state index contributed by atoms with van der Waals surface area (Å²) in [5.74, 6) is 0.182. The number of rotatable bonds is 5.